The van der Waals surface area contributed by atoms with Crippen LogP contribution in [0.4, 0.5) is 0 Å². The first-order chi connectivity index (χ1) is 8.61. The second-order valence-corrected chi connectivity index (χ2v) is 4.39. The number of hydrogen-bond donors (Lipinski definition) is 2. The van der Waals surface area contributed by atoms with E-state index in [9.17, 15) is 9.59 Å². The largest absolute Gasteiger partial charge is 0.353 e. The molecule has 5 nitrogen and oxygen atoms in total. The monoisotopic (exact) mass is 247 g/mol. The van der Waals surface area contributed by atoms with Crippen LogP contribution in [0.3, 0.4) is 0 Å². The summed E-state index contributed by atoms with van der Waals surface area (Å²) in [6.07, 6.45) is 0. The SMILES string of the molecule is CC1C(=O)NCCN1C(=O)C(N)c1ccccc1. The highest BCUT2D eigenvalue weighted by atomic mass is 16.2. The molecule has 2 amide bonds. The number of nitrogens with one attached hydrogen (secondary N) is 1. The van der Waals surface area contributed by atoms with E-state index in [2.05, 4.69) is 5.32 Å². The van der Waals surface area contributed by atoms with Gasteiger partial charge in [-0.05, 0) is 12.5 Å². The first kappa shape index (κ1) is 12.6. The molecule has 0 radical (unpaired) electrons. The van der Waals surface area contributed by atoms with Crippen molar-refractivity contribution in [1.82, 2.24) is 10.2 Å². The molecule has 1 fully saturated rings. The van der Waals surface area contributed by atoms with E-state index < -0.39 is 12.1 Å². The molecule has 1 aromatic rings. The lowest BCUT2D eigenvalue weighted by molar-refractivity contribution is -0.143. The molecule has 0 saturated carbocycles. The Morgan fingerprint density at radius 2 is 2.11 bits per heavy atom. The normalized spacial score (nSPS) is 21.3. The zero-order valence-corrected chi connectivity index (χ0v) is 10.3. The summed E-state index contributed by atoms with van der Waals surface area (Å²) in [7, 11) is 0. The predicted molar refractivity (Wildman–Crippen MR) is 67.6 cm³/mol. The number of benzene rings is 1. The van der Waals surface area contributed by atoms with E-state index in [1.165, 1.54) is 4.90 Å². The molecule has 0 spiro atoms. The minimum absolute atomic E-state index is 0.130. The number of carbonyl (C=O) groups is 2. The Morgan fingerprint density at radius 3 is 2.78 bits per heavy atom. The molecule has 2 unspecified atom stereocenters. The lowest BCUT2D eigenvalue weighted by atomic mass is 10.0. The summed E-state index contributed by atoms with van der Waals surface area (Å²) in [5.41, 5.74) is 6.72. The van der Waals surface area contributed by atoms with Gasteiger partial charge in [-0.3, -0.25) is 9.59 Å². The summed E-state index contributed by atoms with van der Waals surface area (Å²) in [6, 6.07) is 8.02. The number of nitrogens with zero attached hydrogens (tertiary/aromatic N) is 1. The average Bonchev–Trinajstić information content (AvgIpc) is 2.41. The van der Waals surface area contributed by atoms with Gasteiger partial charge >= 0.3 is 0 Å². The number of hydrogen-bond acceptors (Lipinski definition) is 3. The molecule has 1 saturated heterocycles. The van der Waals surface area contributed by atoms with Gasteiger partial charge in [-0.25, -0.2) is 0 Å². The third-order valence-corrected chi connectivity index (χ3v) is 3.21. The van der Waals surface area contributed by atoms with Gasteiger partial charge in [0, 0.05) is 13.1 Å². The highest BCUT2D eigenvalue weighted by Crippen LogP contribution is 2.15. The topological polar surface area (TPSA) is 75.4 Å². The molecule has 1 aliphatic rings. The predicted octanol–water partition coefficient (Wildman–Crippen LogP) is 0.0333. The van der Waals surface area contributed by atoms with Crippen LogP contribution in [-0.2, 0) is 9.59 Å². The van der Waals surface area contributed by atoms with Crippen molar-refractivity contribution in [1.29, 1.82) is 0 Å². The highest BCUT2D eigenvalue weighted by molar-refractivity contribution is 5.91. The Balaban J connectivity index is 2.14. The van der Waals surface area contributed by atoms with Crippen LogP contribution in [-0.4, -0.2) is 35.8 Å². The minimum Gasteiger partial charge on any atom is -0.353 e. The number of rotatable bonds is 2. The molecular formula is C13H17N3O2. The maximum atomic E-state index is 12.3. The highest BCUT2D eigenvalue weighted by Gasteiger charge is 2.32. The first-order valence-electron chi connectivity index (χ1n) is 6.00. The van der Waals surface area contributed by atoms with Crippen molar-refractivity contribution in [2.45, 2.75) is 19.0 Å². The molecule has 0 bridgehead atoms. The van der Waals surface area contributed by atoms with Crippen LogP contribution < -0.4 is 11.1 Å². The molecule has 18 heavy (non-hydrogen) atoms. The summed E-state index contributed by atoms with van der Waals surface area (Å²) in [5.74, 6) is -0.335. The Hall–Kier alpha value is -1.88. The number of amides is 2. The maximum Gasteiger partial charge on any atom is 0.244 e. The van der Waals surface area contributed by atoms with Crippen LogP contribution in [0.5, 0.6) is 0 Å². The Bertz CT molecular complexity index is 447. The summed E-state index contributed by atoms with van der Waals surface area (Å²) in [6.45, 7) is 2.70. The minimum atomic E-state index is -0.709. The lowest BCUT2D eigenvalue weighted by Crippen LogP contribution is -2.57. The molecule has 96 valence electrons. The van der Waals surface area contributed by atoms with Gasteiger partial charge in [-0.2, -0.15) is 0 Å². The van der Waals surface area contributed by atoms with Crippen LogP contribution in [0.25, 0.3) is 0 Å². The number of piperazine rings is 1. The van der Waals surface area contributed by atoms with Crippen LogP contribution in [0.1, 0.15) is 18.5 Å². The van der Waals surface area contributed by atoms with Gasteiger partial charge in [0.15, 0.2) is 0 Å². The smallest absolute Gasteiger partial charge is 0.244 e. The fraction of sp³-hybridized carbons (Fsp3) is 0.385. The molecule has 1 heterocycles. The van der Waals surface area contributed by atoms with Crippen molar-refractivity contribution in [3.63, 3.8) is 0 Å². The molecule has 2 atom stereocenters. The van der Waals surface area contributed by atoms with E-state index in [1.807, 2.05) is 30.3 Å². The second-order valence-electron chi connectivity index (χ2n) is 4.39. The number of carbonyl (C=O) groups excluding carboxylic acids is 2. The molecule has 2 rings (SSSR count). The fourth-order valence-electron chi connectivity index (χ4n) is 2.07. The van der Waals surface area contributed by atoms with E-state index in [4.69, 9.17) is 5.73 Å². The average molecular weight is 247 g/mol. The van der Waals surface area contributed by atoms with E-state index >= 15 is 0 Å². The van der Waals surface area contributed by atoms with Crippen molar-refractivity contribution in [2.24, 2.45) is 5.73 Å². The van der Waals surface area contributed by atoms with E-state index in [0.717, 1.165) is 5.56 Å². The Kier molecular flexibility index (Phi) is 3.62. The van der Waals surface area contributed by atoms with Crippen LogP contribution in [0, 0.1) is 0 Å². The molecule has 0 aromatic heterocycles. The molecule has 0 aliphatic carbocycles. The lowest BCUT2D eigenvalue weighted by Gasteiger charge is -2.34. The third-order valence-electron chi connectivity index (χ3n) is 3.21. The standard InChI is InChI=1S/C13H17N3O2/c1-9-12(17)15-7-8-16(9)13(18)11(14)10-5-3-2-4-6-10/h2-6,9,11H,7-8,14H2,1H3,(H,15,17). The van der Waals surface area contributed by atoms with Crippen molar-refractivity contribution in [2.75, 3.05) is 13.1 Å². The van der Waals surface area contributed by atoms with Crippen LogP contribution in [0.2, 0.25) is 0 Å². The van der Waals surface area contributed by atoms with Gasteiger partial charge in [0.05, 0.1) is 0 Å². The fourth-order valence-corrected chi connectivity index (χ4v) is 2.07. The van der Waals surface area contributed by atoms with Gasteiger partial charge in [0.25, 0.3) is 0 Å². The molecular weight excluding hydrogens is 230 g/mol. The summed E-state index contributed by atoms with van der Waals surface area (Å²) in [5, 5.41) is 2.72. The van der Waals surface area contributed by atoms with Gasteiger partial charge in [-0.15, -0.1) is 0 Å². The maximum absolute atomic E-state index is 12.3. The van der Waals surface area contributed by atoms with Crippen molar-refractivity contribution < 1.29 is 9.59 Å². The van der Waals surface area contributed by atoms with Crippen molar-refractivity contribution in [3.8, 4) is 0 Å². The van der Waals surface area contributed by atoms with E-state index in [0.29, 0.717) is 13.1 Å². The van der Waals surface area contributed by atoms with Crippen LogP contribution in [0.15, 0.2) is 30.3 Å². The molecule has 3 N–H and O–H groups in total. The summed E-state index contributed by atoms with van der Waals surface area (Å²) >= 11 is 0. The Morgan fingerprint density at radius 1 is 1.44 bits per heavy atom. The van der Waals surface area contributed by atoms with E-state index in [-0.39, 0.29) is 11.8 Å². The summed E-state index contributed by atoms with van der Waals surface area (Å²) < 4.78 is 0. The van der Waals surface area contributed by atoms with Crippen LogP contribution >= 0.6 is 0 Å². The zero-order chi connectivity index (χ0) is 13.1. The molecule has 1 aliphatic heterocycles. The van der Waals surface area contributed by atoms with Gasteiger partial charge < -0.3 is 16.0 Å². The van der Waals surface area contributed by atoms with E-state index in [1.54, 1.807) is 6.92 Å². The number of nitrogens with two attached hydrogens (primary N) is 1. The zero-order valence-electron chi connectivity index (χ0n) is 10.3. The second kappa shape index (κ2) is 5.18. The van der Waals surface area contributed by atoms with Crippen molar-refractivity contribution in [3.05, 3.63) is 35.9 Å². The molecule has 1 aromatic carbocycles. The van der Waals surface area contributed by atoms with Gasteiger partial charge in [0.1, 0.15) is 12.1 Å². The first-order valence-corrected chi connectivity index (χ1v) is 6.00. The molecule has 5 heteroatoms. The quantitative estimate of drug-likeness (QED) is 0.774. The Labute approximate surface area is 106 Å². The van der Waals surface area contributed by atoms with Crippen molar-refractivity contribution >= 4 is 11.8 Å². The van der Waals surface area contributed by atoms with Gasteiger partial charge in [-0.1, -0.05) is 30.3 Å². The van der Waals surface area contributed by atoms with Gasteiger partial charge in [0.2, 0.25) is 11.8 Å². The third kappa shape index (κ3) is 2.36. The summed E-state index contributed by atoms with van der Waals surface area (Å²) in [4.78, 5) is 25.3.